The highest BCUT2D eigenvalue weighted by Crippen LogP contribution is 2.46. The number of cyclic esters (lactones) is 1. The predicted octanol–water partition coefficient (Wildman–Crippen LogP) is 3.40. The van der Waals surface area contributed by atoms with Crippen LogP contribution in [0.1, 0.15) is 67.5 Å². The first-order chi connectivity index (χ1) is 18.5. The van der Waals surface area contributed by atoms with E-state index in [9.17, 15) is 23.9 Å². The van der Waals surface area contributed by atoms with Crippen molar-refractivity contribution in [1.29, 1.82) is 0 Å². The number of benzene rings is 1. The fourth-order valence-corrected chi connectivity index (χ4v) is 6.22. The molecular formula is C28H27ClFN3O6. The molecule has 9 nitrogen and oxygen atoms in total. The molecule has 0 fully saturated rings. The van der Waals surface area contributed by atoms with Gasteiger partial charge in [0.15, 0.2) is 5.60 Å². The lowest BCUT2D eigenvalue weighted by Crippen LogP contribution is -2.44. The van der Waals surface area contributed by atoms with E-state index in [0.29, 0.717) is 46.3 Å². The Balaban J connectivity index is 1.57. The molecule has 3 aromatic rings. The van der Waals surface area contributed by atoms with Crippen molar-refractivity contribution in [2.45, 2.75) is 70.9 Å². The maximum Gasteiger partial charge on any atom is 0.343 e. The molecule has 0 saturated carbocycles. The molecule has 0 bridgehead atoms. The van der Waals surface area contributed by atoms with Gasteiger partial charge in [-0.1, -0.05) is 18.5 Å². The number of aromatic nitrogens is 2. The van der Waals surface area contributed by atoms with Crippen molar-refractivity contribution in [2.24, 2.45) is 0 Å². The van der Waals surface area contributed by atoms with Crippen molar-refractivity contribution in [3.05, 3.63) is 61.1 Å². The van der Waals surface area contributed by atoms with E-state index in [4.69, 9.17) is 26.1 Å². The molecule has 0 saturated heterocycles. The fourth-order valence-electron chi connectivity index (χ4n) is 5.98. The number of ether oxygens (including phenoxy) is 2. The molecule has 1 aliphatic carbocycles. The van der Waals surface area contributed by atoms with E-state index in [1.165, 1.54) is 10.6 Å². The van der Waals surface area contributed by atoms with Gasteiger partial charge < -0.3 is 24.5 Å². The first-order valence-corrected chi connectivity index (χ1v) is 13.3. The van der Waals surface area contributed by atoms with E-state index in [2.05, 4.69) is 5.32 Å². The number of esters is 1. The van der Waals surface area contributed by atoms with Gasteiger partial charge in [-0.3, -0.25) is 9.59 Å². The molecule has 2 atom stereocenters. The Morgan fingerprint density at radius 2 is 2.10 bits per heavy atom. The van der Waals surface area contributed by atoms with Gasteiger partial charge in [0, 0.05) is 22.6 Å². The maximum absolute atomic E-state index is 14.9. The number of fused-ring (bicyclic) bond motifs is 5. The number of aliphatic hydroxyl groups is 1. The van der Waals surface area contributed by atoms with Crippen LogP contribution < -0.4 is 10.9 Å². The molecule has 2 N–H and O–H groups in total. The highest BCUT2D eigenvalue weighted by atomic mass is 35.5. The summed E-state index contributed by atoms with van der Waals surface area (Å²) in [5, 5.41) is 14.9. The van der Waals surface area contributed by atoms with Crippen LogP contribution >= 0.6 is 11.6 Å². The molecule has 11 heteroatoms. The van der Waals surface area contributed by atoms with E-state index in [1.54, 1.807) is 13.0 Å². The molecule has 2 aromatic heterocycles. The monoisotopic (exact) mass is 555 g/mol. The van der Waals surface area contributed by atoms with Gasteiger partial charge in [-0.05, 0) is 50.3 Å². The molecule has 1 amide bonds. The molecule has 4 heterocycles. The fraction of sp³-hybridized carbons (Fsp3) is 0.429. The zero-order valence-corrected chi connectivity index (χ0v) is 22.4. The van der Waals surface area contributed by atoms with E-state index in [1.807, 2.05) is 13.8 Å². The molecule has 0 spiro atoms. The van der Waals surface area contributed by atoms with E-state index in [0.717, 1.165) is 5.56 Å². The van der Waals surface area contributed by atoms with Gasteiger partial charge in [0.2, 0.25) is 5.91 Å². The number of hydrogen-bond donors (Lipinski definition) is 2. The van der Waals surface area contributed by atoms with Crippen molar-refractivity contribution in [3.63, 3.8) is 0 Å². The first-order valence-electron chi connectivity index (χ1n) is 13.0. The molecular weight excluding hydrogens is 529 g/mol. The number of hydrogen-bond acceptors (Lipinski definition) is 7. The summed E-state index contributed by atoms with van der Waals surface area (Å²) in [4.78, 5) is 43.7. The first kappa shape index (κ1) is 25.9. The number of halogens is 2. The molecule has 39 heavy (non-hydrogen) atoms. The Kier molecular flexibility index (Phi) is 6.05. The molecule has 6 rings (SSSR count). The predicted molar refractivity (Wildman–Crippen MR) is 140 cm³/mol. The van der Waals surface area contributed by atoms with Crippen LogP contribution in [0.2, 0.25) is 5.02 Å². The second kappa shape index (κ2) is 9.11. The second-order valence-electron chi connectivity index (χ2n) is 10.5. The van der Waals surface area contributed by atoms with Crippen LogP contribution in [0, 0.1) is 5.82 Å². The molecule has 3 aliphatic rings. The minimum absolute atomic E-state index is 0.0185. The van der Waals surface area contributed by atoms with Crippen molar-refractivity contribution < 1.29 is 28.6 Å². The Hall–Kier alpha value is -3.34. The minimum atomic E-state index is -1.96. The van der Waals surface area contributed by atoms with Crippen LogP contribution in [0.5, 0.6) is 0 Å². The van der Waals surface area contributed by atoms with Crippen LogP contribution in [0.3, 0.4) is 0 Å². The third kappa shape index (κ3) is 3.80. The summed E-state index contributed by atoms with van der Waals surface area (Å²) >= 11 is 6.39. The molecule has 2 aliphatic heterocycles. The Morgan fingerprint density at radius 3 is 2.82 bits per heavy atom. The van der Waals surface area contributed by atoms with Crippen molar-refractivity contribution in [2.75, 3.05) is 6.61 Å². The van der Waals surface area contributed by atoms with E-state index < -0.39 is 29.0 Å². The van der Waals surface area contributed by atoms with Crippen LogP contribution in [0.15, 0.2) is 16.9 Å². The van der Waals surface area contributed by atoms with Gasteiger partial charge in [0.25, 0.3) is 5.56 Å². The minimum Gasteiger partial charge on any atom is -0.458 e. The third-order valence-corrected chi connectivity index (χ3v) is 8.33. The molecule has 0 unspecified atom stereocenters. The van der Waals surface area contributed by atoms with Gasteiger partial charge in [-0.2, -0.15) is 0 Å². The number of nitrogens with one attached hydrogen (secondary N) is 1. The average Bonchev–Trinajstić information content (AvgIpc) is 3.27. The summed E-state index contributed by atoms with van der Waals surface area (Å²) in [5.41, 5.74) is 1.27. The highest BCUT2D eigenvalue weighted by Gasteiger charge is 2.46. The summed E-state index contributed by atoms with van der Waals surface area (Å²) in [5.74, 6) is -1.71. The van der Waals surface area contributed by atoms with Crippen LogP contribution in [0.25, 0.3) is 22.3 Å². The number of nitrogens with zero attached hydrogens (tertiary/aromatic N) is 2. The highest BCUT2D eigenvalue weighted by molar-refractivity contribution is 6.32. The van der Waals surface area contributed by atoms with Gasteiger partial charge in [0.1, 0.15) is 19.0 Å². The number of carbonyl (C=O) groups is 2. The Labute approximate surface area is 227 Å². The zero-order chi connectivity index (χ0) is 27.8. The number of amides is 1. The summed E-state index contributed by atoms with van der Waals surface area (Å²) in [7, 11) is 0. The normalized spacial score (nSPS) is 21.0. The Bertz CT molecular complexity index is 1650. The second-order valence-corrected chi connectivity index (χ2v) is 10.9. The van der Waals surface area contributed by atoms with Crippen LogP contribution in [-0.2, 0) is 44.2 Å². The van der Waals surface area contributed by atoms with Crippen LogP contribution in [0.4, 0.5) is 4.39 Å². The van der Waals surface area contributed by atoms with E-state index in [-0.39, 0.29) is 54.3 Å². The van der Waals surface area contributed by atoms with Gasteiger partial charge in [0.05, 0.1) is 46.2 Å². The Morgan fingerprint density at radius 1 is 1.33 bits per heavy atom. The number of rotatable bonds is 5. The quantitative estimate of drug-likeness (QED) is 0.362. The van der Waals surface area contributed by atoms with Crippen LogP contribution in [-0.4, -0.2) is 39.2 Å². The summed E-state index contributed by atoms with van der Waals surface area (Å²) in [6, 6.07) is 2.42. The lowest BCUT2D eigenvalue weighted by molar-refractivity contribution is -0.172. The van der Waals surface area contributed by atoms with Crippen molar-refractivity contribution in [1.82, 2.24) is 14.9 Å². The molecule has 1 aromatic carbocycles. The zero-order valence-electron chi connectivity index (χ0n) is 21.7. The largest absolute Gasteiger partial charge is 0.458 e. The summed E-state index contributed by atoms with van der Waals surface area (Å²) < 4.78 is 27.0. The van der Waals surface area contributed by atoms with Gasteiger partial charge in [-0.25, -0.2) is 14.2 Å². The smallest absolute Gasteiger partial charge is 0.343 e. The summed E-state index contributed by atoms with van der Waals surface area (Å²) in [6.45, 7) is 5.11. The van der Waals surface area contributed by atoms with Gasteiger partial charge in [-0.15, -0.1) is 0 Å². The lowest BCUT2D eigenvalue weighted by atomic mass is 9.83. The number of carbonyl (C=O) groups excluding carboxylic acids is 2. The van der Waals surface area contributed by atoms with E-state index >= 15 is 0 Å². The van der Waals surface area contributed by atoms with Gasteiger partial charge >= 0.3 is 5.97 Å². The average molecular weight is 556 g/mol. The topological polar surface area (TPSA) is 120 Å². The van der Waals surface area contributed by atoms with Crippen molar-refractivity contribution >= 4 is 34.4 Å². The number of aryl methyl sites for hydroxylation is 1. The molecule has 204 valence electrons. The SMILES string of the molecule is CC[C@@]1(O)C(=O)OCc2c1cc1n(c2=O)Cc2c-1nc1cc(F)c(Cl)c3c1c2[C@H](NC(=O)COC(C)C)CC3. The standard InChI is InChI=1S/C28H27ClFN3O6/c1-4-28(37)16-7-20-25-14(9-33(20)26(35)15(16)10-39-27(28)36)23-18(31-21(34)11-38-12(2)3)6-5-13-22(23)19(32-25)8-17(30)24(13)29/h7-8,12,18,37H,4-6,9-11H2,1-3H3,(H,31,34)/t18-,28+/m1/s1. The molecule has 0 radical (unpaired) electrons. The summed E-state index contributed by atoms with van der Waals surface area (Å²) in [6.07, 6.45) is 0.798. The number of pyridine rings is 2. The third-order valence-electron chi connectivity index (χ3n) is 7.92. The van der Waals surface area contributed by atoms with Crippen molar-refractivity contribution in [3.8, 4) is 11.4 Å². The lowest BCUT2D eigenvalue weighted by Gasteiger charge is -2.31. The maximum atomic E-state index is 14.9.